The summed E-state index contributed by atoms with van der Waals surface area (Å²) in [5.74, 6) is 1.12. The number of nitrogens with one attached hydrogen (secondary N) is 1. The number of anilines is 2. The van der Waals surface area contributed by atoms with Gasteiger partial charge < -0.3 is 15.9 Å². The van der Waals surface area contributed by atoms with Gasteiger partial charge in [-0.05, 0) is 24.4 Å². The molecule has 0 unspecified atom stereocenters. The predicted molar refractivity (Wildman–Crippen MR) is 62.1 cm³/mol. The average molecular weight is 228 g/mol. The Labute approximate surface area is 93.3 Å². The number of ether oxygens (including phenoxy) is 1. The van der Waals surface area contributed by atoms with Crippen molar-refractivity contribution in [3.8, 4) is 5.75 Å². The minimum absolute atomic E-state index is 0.460. The number of nitrogens with zero attached hydrogens (tertiary/aromatic N) is 2. The Balaban J connectivity index is 2.02. The minimum atomic E-state index is 0.460. The molecule has 1 aromatic rings. The van der Waals surface area contributed by atoms with Crippen molar-refractivity contribution in [2.45, 2.75) is 19.3 Å². The van der Waals surface area contributed by atoms with Gasteiger partial charge in [-0.25, -0.2) is 5.01 Å². The van der Waals surface area contributed by atoms with Crippen LogP contribution in [0.4, 0.5) is 10.8 Å². The van der Waals surface area contributed by atoms with Crippen LogP contribution in [0.25, 0.3) is 0 Å². The first kappa shape index (κ1) is 10.5. The molecule has 84 valence electrons. The Morgan fingerprint density at radius 3 is 2.80 bits per heavy atom. The molecule has 1 fully saturated rings. The number of hydrogen-bond donors (Lipinski definition) is 2. The van der Waals surface area contributed by atoms with E-state index >= 15 is 0 Å². The van der Waals surface area contributed by atoms with Gasteiger partial charge in [0.2, 0.25) is 0 Å². The second-order valence-electron chi connectivity index (χ2n) is 3.59. The van der Waals surface area contributed by atoms with E-state index in [1.807, 2.05) is 0 Å². The summed E-state index contributed by atoms with van der Waals surface area (Å²) in [6.07, 6.45) is 3.80. The van der Waals surface area contributed by atoms with Gasteiger partial charge in [0.05, 0.1) is 7.11 Å². The van der Waals surface area contributed by atoms with Crippen LogP contribution in [0, 0.1) is 0 Å². The molecule has 0 spiro atoms. The highest BCUT2D eigenvalue weighted by Crippen LogP contribution is 2.35. The van der Waals surface area contributed by atoms with Crippen LogP contribution in [0.1, 0.15) is 19.3 Å². The maximum atomic E-state index is 5.67. The van der Waals surface area contributed by atoms with Gasteiger partial charge in [-0.15, -0.1) is 0 Å². The molecule has 1 saturated heterocycles. The van der Waals surface area contributed by atoms with E-state index in [2.05, 4.69) is 14.8 Å². The topological polar surface area (TPSA) is 63.4 Å². The van der Waals surface area contributed by atoms with Gasteiger partial charge in [0, 0.05) is 13.1 Å². The number of piperidine rings is 1. The van der Waals surface area contributed by atoms with E-state index in [-0.39, 0.29) is 0 Å². The minimum Gasteiger partial charge on any atom is -0.490 e. The Kier molecular flexibility index (Phi) is 3.27. The summed E-state index contributed by atoms with van der Waals surface area (Å²) >= 11 is 1.34. The van der Waals surface area contributed by atoms with Gasteiger partial charge in [0.15, 0.2) is 16.6 Å². The van der Waals surface area contributed by atoms with Crippen molar-refractivity contribution in [2.75, 3.05) is 31.4 Å². The monoisotopic (exact) mass is 228 g/mol. The highest BCUT2D eigenvalue weighted by Gasteiger charge is 2.16. The Morgan fingerprint density at radius 2 is 2.13 bits per heavy atom. The van der Waals surface area contributed by atoms with Crippen molar-refractivity contribution in [3.05, 3.63) is 0 Å². The number of hydrazine groups is 1. The maximum Gasteiger partial charge on any atom is 0.198 e. The second-order valence-corrected chi connectivity index (χ2v) is 4.36. The third kappa shape index (κ3) is 2.32. The van der Waals surface area contributed by atoms with E-state index in [0.717, 1.165) is 18.1 Å². The zero-order valence-electron chi connectivity index (χ0n) is 8.82. The van der Waals surface area contributed by atoms with E-state index < -0.39 is 0 Å². The zero-order chi connectivity index (χ0) is 10.7. The van der Waals surface area contributed by atoms with Crippen molar-refractivity contribution in [1.29, 1.82) is 0 Å². The number of methoxy groups -OCH3 is 1. The lowest BCUT2D eigenvalue weighted by atomic mass is 10.2. The van der Waals surface area contributed by atoms with E-state index in [0.29, 0.717) is 11.6 Å². The maximum absolute atomic E-state index is 5.67. The lowest BCUT2D eigenvalue weighted by Gasteiger charge is -2.27. The number of hydrogen-bond acceptors (Lipinski definition) is 6. The summed E-state index contributed by atoms with van der Waals surface area (Å²) < 4.78 is 9.25. The van der Waals surface area contributed by atoms with E-state index in [1.54, 1.807) is 7.11 Å². The Bertz CT molecular complexity index is 322. The first-order valence-corrected chi connectivity index (χ1v) is 5.89. The normalized spacial score (nSPS) is 17.7. The van der Waals surface area contributed by atoms with E-state index in [4.69, 9.17) is 10.5 Å². The third-order valence-electron chi connectivity index (χ3n) is 2.49. The van der Waals surface area contributed by atoms with Gasteiger partial charge in [-0.3, -0.25) is 0 Å². The highest BCUT2D eigenvalue weighted by molar-refractivity contribution is 7.11. The van der Waals surface area contributed by atoms with Crippen molar-refractivity contribution in [1.82, 2.24) is 9.38 Å². The molecule has 1 aliphatic heterocycles. The first-order chi connectivity index (χ1) is 7.31. The molecule has 5 nitrogen and oxygen atoms in total. The number of rotatable bonds is 3. The van der Waals surface area contributed by atoms with Crippen LogP contribution in [0.5, 0.6) is 5.75 Å². The molecule has 1 aliphatic rings. The molecule has 1 aromatic heterocycles. The van der Waals surface area contributed by atoms with Crippen LogP contribution in [-0.2, 0) is 0 Å². The van der Waals surface area contributed by atoms with E-state index in [9.17, 15) is 0 Å². The molecule has 6 heteroatoms. The summed E-state index contributed by atoms with van der Waals surface area (Å²) in [7, 11) is 1.61. The van der Waals surface area contributed by atoms with Crippen molar-refractivity contribution >= 4 is 22.4 Å². The molecule has 0 aromatic carbocycles. The average Bonchev–Trinajstić information content (AvgIpc) is 2.61. The molecule has 0 aliphatic carbocycles. The molecule has 0 amide bonds. The molecular weight excluding hydrogens is 212 g/mol. The van der Waals surface area contributed by atoms with Crippen LogP contribution < -0.4 is 15.9 Å². The summed E-state index contributed by atoms with van der Waals surface area (Å²) in [6, 6.07) is 0. The zero-order valence-corrected chi connectivity index (χ0v) is 9.64. The van der Waals surface area contributed by atoms with Crippen molar-refractivity contribution in [2.24, 2.45) is 0 Å². The fourth-order valence-electron chi connectivity index (χ4n) is 1.71. The lowest BCUT2D eigenvalue weighted by molar-refractivity contribution is 0.272. The fraction of sp³-hybridized carbons (Fsp3) is 0.667. The lowest BCUT2D eigenvalue weighted by Crippen LogP contribution is -2.34. The molecule has 3 N–H and O–H groups in total. The molecule has 0 saturated carbocycles. The summed E-state index contributed by atoms with van der Waals surface area (Å²) in [6.45, 7) is 2.14. The number of nitrogen functional groups attached to an aromatic ring is 1. The van der Waals surface area contributed by atoms with E-state index in [1.165, 1.54) is 30.8 Å². The molecule has 2 rings (SSSR count). The fourth-order valence-corrected chi connectivity index (χ4v) is 2.43. The number of nitrogens with two attached hydrogens (primary N) is 1. The molecule has 0 radical (unpaired) electrons. The Hall–Kier alpha value is -1.01. The van der Waals surface area contributed by atoms with Crippen LogP contribution in [-0.4, -0.2) is 29.6 Å². The highest BCUT2D eigenvalue weighted by atomic mass is 32.1. The molecule has 15 heavy (non-hydrogen) atoms. The van der Waals surface area contributed by atoms with Crippen LogP contribution in [0.2, 0.25) is 0 Å². The summed E-state index contributed by atoms with van der Waals surface area (Å²) in [4.78, 5) is 0. The largest absolute Gasteiger partial charge is 0.490 e. The SMILES string of the molecule is COc1c(N)nsc1NN1CCCCC1. The Morgan fingerprint density at radius 1 is 1.40 bits per heavy atom. The number of aromatic nitrogens is 1. The summed E-state index contributed by atoms with van der Waals surface area (Å²) in [5.41, 5.74) is 8.98. The van der Waals surface area contributed by atoms with Crippen LogP contribution in [0.15, 0.2) is 0 Å². The molecule has 0 atom stereocenters. The van der Waals surface area contributed by atoms with Crippen molar-refractivity contribution in [3.63, 3.8) is 0 Å². The standard InChI is InChI=1S/C9H16N4OS/c1-14-7-8(10)12-15-9(7)11-13-5-3-2-4-6-13/h11H,2-6H2,1H3,(H2,10,12). The van der Waals surface area contributed by atoms with Crippen LogP contribution in [0.3, 0.4) is 0 Å². The quantitative estimate of drug-likeness (QED) is 0.821. The van der Waals surface area contributed by atoms with Crippen LogP contribution >= 0.6 is 11.5 Å². The molecular formula is C9H16N4OS. The van der Waals surface area contributed by atoms with Gasteiger partial charge in [-0.1, -0.05) is 6.42 Å². The summed E-state index contributed by atoms with van der Waals surface area (Å²) in [5, 5.41) is 3.09. The van der Waals surface area contributed by atoms with Gasteiger partial charge >= 0.3 is 0 Å². The second kappa shape index (κ2) is 4.67. The van der Waals surface area contributed by atoms with Gasteiger partial charge in [0.1, 0.15) is 0 Å². The predicted octanol–water partition coefficient (Wildman–Crippen LogP) is 1.55. The molecule has 0 bridgehead atoms. The molecule has 2 heterocycles. The third-order valence-corrected chi connectivity index (χ3v) is 3.24. The van der Waals surface area contributed by atoms with Gasteiger partial charge in [0.25, 0.3) is 0 Å². The van der Waals surface area contributed by atoms with Gasteiger partial charge in [-0.2, -0.15) is 4.37 Å². The first-order valence-electron chi connectivity index (χ1n) is 5.12. The smallest absolute Gasteiger partial charge is 0.198 e. The van der Waals surface area contributed by atoms with Crippen molar-refractivity contribution < 1.29 is 4.74 Å².